The van der Waals surface area contributed by atoms with Crippen LogP contribution in [0.5, 0.6) is 11.5 Å². The molecule has 1 unspecified atom stereocenters. The van der Waals surface area contributed by atoms with Gasteiger partial charge >= 0.3 is 0 Å². The fourth-order valence-electron chi connectivity index (χ4n) is 4.59. The minimum Gasteiger partial charge on any atom is -0.493 e. The first-order valence-electron chi connectivity index (χ1n) is 11.6. The highest BCUT2D eigenvalue weighted by atomic mass is 35.5. The Morgan fingerprint density at radius 3 is 2.45 bits per heavy atom. The maximum absolute atomic E-state index is 13.2. The lowest BCUT2D eigenvalue weighted by Crippen LogP contribution is -2.39. The van der Waals surface area contributed by atoms with E-state index in [1.54, 1.807) is 19.2 Å². The van der Waals surface area contributed by atoms with Gasteiger partial charge in [-0.05, 0) is 67.6 Å². The third kappa shape index (κ3) is 5.59. The third-order valence-electron chi connectivity index (χ3n) is 6.89. The fraction of sp³-hybridized carbons (Fsp3) is 0.500. The van der Waals surface area contributed by atoms with Crippen molar-refractivity contribution in [3.63, 3.8) is 0 Å². The van der Waals surface area contributed by atoms with E-state index in [0.717, 1.165) is 37.3 Å². The predicted octanol–water partition coefficient (Wildman–Crippen LogP) is 6.02. The number of nitrogens with zero attached hydrogens (tertiary/aromatic N) is 2. The zero-order chi connectivity index (χ0) is 23.6. The van der Waals surface area contributed by atoms with E-state index in [0.29, 0.717) is 40.1 Å². The van der Waals surface area contributed by atoms with Gasteiger partial charge in [0.15, 0.2) is 11.5 Å². The smallest absolute Gasteiger partial charge is 0.234 e. The maximum atomic E-state index is 13.2. The van der Waals surface area contributed by atoms with Gasteiger partial charge in [-0.1, -0.05) is 43.1 Å². The monoisotopic (exact) mass is 490 g/mol. The highest BCUT2D eigenvalue weighted by molar-refractivity contribution is 6.42. The van der Waals surface area contributed by atoms with Crippen molar-refractivity contribution >= 4 is 34.8 Å². The van der Waals surface area contributed by atoms with Crippen LogP contribution in [0, 0.1) is 5.41 Å². The molecule has 0 radical (unpaired) electrons. The van der Waals surface area contributed by atoms with E-state index in [-0.39, 0.29) is 11.8 Å². The molecule has 2 fully saturated rings. The Morgan fingerprint density at radius 1 is 1.00 bits per heavy atom. The summed E-state index contributed by atoms with van der Waals surface area (Å²) < 4.78 is 11.6. The molecule has 2 saturated heterocycles. The Kier molecular flexibility index (Phi) is 7.42. The van der Waals surface area contributed by atoms with Gasteiger partial charge in [0.2, 0.25) is 5.91 Å². The van der Waals surface area contributed by atoms with Crippen LogP contribution in [0.4, 0.5) is 5.69 Å². The summed E-state index contributed by atoms with van der Waals surface area (Å²) in [5.41, 5.74) is 2.15. The van der Waals surface area contributed by atoms with E-state index in [4.69, 9.17) is 32.7 Å². The van der Waals surface area contributed by atoms with Crippen LogP contribution in [0.15, 0.2) is 36.4 Å². The van der Waals surface area contributed by atoms with E-state index >= 15 is 0 Å². The molecule has 1 atom stereocenters. The number of rotatable bonds is 7. The molecule has 0 saturated carbocycles. The topological polar surface area (TPSA) is 42.0 Å². The van der Waals surface area contributed by atoms with Crippen molar-refractivity contribution in [1.82, 2.24) is 4.90 Å². The second-order valence-corrected chi connectivity index (χ2v) is 10.5. The van der Waals surface area contributed by atoms with Crippen molar-refractivity contribution in [2.45, 2.75) is 39.0 Å². The molecular weight excluding hydrogens is 459 g/mol. The highest BCUT2D eigenvalue weighted by Crippen LogP contribution is 2.38. The number of carbonyl (C=O) groups is 1. The molecule has 1 amide bonds. The van der Waals surface area contributed by atoms with Crippen molar-refractivity contribution in [1.29, 1.82) is 0 Å². The van der Waals surface area contributed by atoms with Crippen molar-refractivity contribution in [3.05, 3.63) is 52.0 Å². The van der Waals surface area contributed by atoms with Gasteiger partial charge in [-0.25, -0.2) is 0 Å². The molecule has 4 rings (SSSR count). The van der Waals surface area contributed by atoms with Crippen molar-refractivity contribution in [2.75, 3.05) is 44.8 Å². The summed E-state index contributed by atoms with van der Waals surface area (Å²) in [6.45, 7) is 8.98. The second-order valence-electron chi connectivity index (χ2n) is 9.69. The molecule has 2 aromatic carbocycles. The largest absolute Gasteiger partial charge is 0.493 e. The van der Waals surface area contributed by atoms with Gasteiger partial charge < -0.3 is 14.4 Å². The van der Waals surface area contributed by atoms with Crippen LogP contribution in [0.1, 0.15) is 44.6 Å². The van der Waals surface area contributed by atoms with Crippen molar-refractivity contribution in [3.8, 4) is 11.5 Å². The predicted molar refractivity (Wildman–Crippen MR) is 134 cm³/mol. The molecule has 2 aliphatic rings. The van der Waals surface area contributed by atoms with E-state index in [9.17, 15) is 4.79 Å². The average molecular weight is 491 g/mol. The highest BCUT2D eigenvalue weighted by Gasteiger charge is 2.34. The molecule has 7 heteroatoms. The standard InChI is InChI=1S/C26H32Cl2N2O3/c1-26(2)9-12-29(13-10-26)14-15-33-24-17-19(5-7-23(24)32-3)30-11-8-20(25(30)31)18-4-6-21(27)22(28)16-18/h4-7,16-17,20H,8-15H2,1-3H3. The number of methoxy groups -OCH3 is 1. The van der Waals surface area contributed by atoms with Crippen LogP contribution < -0.4 is 14.4 Å². The van der Waals surface area contributed by atoms with Gasteiger partial charge in [-0.3, -0.25) is 9.69 Å². The first-order valence-corrected chi connectivity index (χ1v) is 12.3. The molecule has 0 aromatic heterocycles. The van der Waals surface area contributed by atoms with Gasteiger partial charge in [0.25, 0.3) is 0 Å². The average Bonchev–Trinajstić information content (AvgIpc) is 3.18. The van der Waals surface area contributed by atoms with Gasteiger partial charge in [0, 0.05) is 24.8 Å². The third-order valence-corrected chi connectivity index (χ3v) is 7.62. The number of ether oxygens (including phenoxy) is 2. The van der Waals surface area contributed by atoms with Crippen LogP contribution >= 0.6 is 23.2 Å². The maximum Gasteiger partial charge on any atom is 0.234 e. The number of likely N-dealkylation sites (tertiary alicyclic amines) is 1. The summed E-state index contributed by atoms with van der Waals surface area (Å²) in [6.07, 6.45) is 3.15. The minimum atomic E-state index is -0.227. The van der Waals surface area contributed by atoms with Crippen LogP contribution in [0.3, 0.4) is 0 Å². The molecule has 0 bridgehead atoms. The molecule has 2 aromatic rings. The zero-order valence-electron chi connectivity index (χ0n) is 19.6. The Morgan fingerprint density at radius 2 is 1.76 bits per heavy atom. The van der Waals surface area contributed by atoms with Crippen LogP contribution in [0.2, 0.25) is 10.0 Å². The molecular formula is C26H32Cl2N2O3. The number of piperidine rings is 1. The minimum absolute atomic E-state index is 0.0560. The molecule has 178 valence electrons. The van der Waals surface area contributed by atoms with E-state index in [1.165, 1.54) is 12.8 Å². The van der Waals surface area contributed by atoms with E-state index in [2.05, 4.69) is 18.7 Å². The number of carbonyl (C=O) groups excluding carboxylic acids is 1. The van der Waals surface area contributed by atoms with Crippen LogP contribution in [-0.4, -0.2) is 50.7 Å². The van der Waals surface area contributed by atoms with Gasteiger partial charge in [-0.15, -0.1) is 0 Å². The molecule has 0 aliphatic carbocycles. The van der Waals surface area contributed by atoms with Gasteiger partial charge in [0.05, 0.1) is 23.1 Å². The summed E-state index contributed by atoms with van der Waals surface area (Å²) in [4.78, 5) is 17.5. The number of benzene rings is 2. The molecule has 0 N–H and O–H groups in total. The Labute approximate surface area is 206 Å². The van der Waals surface area contributed by atoms with Crippen molar-refractivity contribution < 1.29 is 14.3 Å². The van der Waals surface area contributed by atoms with E-state index in [1.807, 2.05) is 29.2 Å². The molecule has 2 aliphatic heterocycles. The number of halogens is 2. The first-order chi connectivity index (χ1) is 15.8. The summed E-state index contributed by atoms with van der Waals surface area (Å²) >= 11 is 12.2. The molecule has 33 heavy (non-hydrogen) atoms. The molecule has 2 heterocycles. The van der Waals surface area contributed by atoms with Crippen molar-refractivity contribution in [2.24, 2.45) is 5.41 Å². The second kappa shape index (κ2) is 10.1. The fourth-order valence-corrected chi connectivity index (χ4v) is 4.89. The normalized spacial score (nSPS) is 20.8. The lowest BCUT2D eigenvalue weighted by Gasteiger charge is -2.36. The lowest BCUT2D eigenvalue weighted by atomic mass is 9.83. The van der Waals surface area contributed by atoms with Crippen LogP contribution in [-0.2, 0) is 4.79 Å². The SMILES string of the molecule is COc1ccc(N2CCC(c3ccc(Cl)c(Cl)c3)C2=O)cc1OCCN1CCC(C)(C)CC1. The number of hydrogen-bond acceptors (Lipinski definition) is 4. The summed E-state index contributed by atoms with van der Waals surface area (Å²) in [5.74, 6) is 1.17. The quantitative estimate of drug-likeness (QED) is 0.475. The Balaban J connectivity index is 1.42. The summed E-state index contributed by atoms with van der Waals surface area (Å²) in [7, 11) is 1.63. The number of anilines is 1. The zero-order valence-corrected chi connectivity index (χ0v) is 21.1. The van der Waals surface area contributed by atoms with E-state index < -0.39 is 0 Å². The first kappa shape index (κ1) is 24.2. The van der Waals surface area contributed by atoms with Crippen LogP contribution in [0.25, 0.3) is 0 Å². The number of amides is 1. The molecule has 0 spiro atoms. The van der Waals surface area contributed by atoms with Gasteiger partial charge in [-0.2, -0.15) is 0 Å². The lowest BCUT2D eigenvalue weighted by molar-refractivity contribution is -0.118. The molecule has 5 nitrogen and oxygen atoms in total. The summed E-state index contributed by atoms with van der Waals surface area (Å²) in [6, 6.07) is 11.1. The Bertz CT molecular complexity index is 1000. The number of hydrogen-bond donors (Lipinski definition) is 0. The van der Waals surface area contributed by atoms with Gasteiger partial charge in [0.1, 0.15) is 6.61 Å². The Hall–Kier alpha value is -1.95. The summed E-state index contributed by atoms with van der Waals surface area (Å²) in [5, 5.41) is 0.964.